The van der Waals surface area contributed by atoms with Gasteiger partial charge in [0.1, 0.15) is 5.82 Å². The summed E-state index contributed by atoms with van der Waals surface area (Å²) < 4.78 is 24.4. The van der Waals surface area contributed by atoms with Crippen LogP contribution in [0.3, 0.4) is 0 Å². The summed E-state index contributed by atoms with van der Waals surface area (Å²) in [6.07, 6.45) is 3.98. The number of ether oxygens (including phenoxy) is 2. The molecule has 1 aliphatic heterocycles. The average Bonchev–Trinajstić information content (AvgIpc) is 2.90. The minimum atomic E-state index is -0.300. The molecule has 1 atom stereocenters. The lowest BCUT2D eigenvalue weighted by Crippen LogP contribution is -2.30. The summed E-state index contributed by atoms with van der Waals surface area (Å²) in [5.41, 5.74) is 1.74. The van der Waals surface area contributed by atoms with Crippen LogP contribution in [0, 0.1) is 11.7 Å². The third-order valence-electron chi connectivity index (χ3n) is 4.39. The van der Waals surface area contributed by atoms with Crippen molar-refractivity contribution in [1.82, 2.24) is 5.32 Å². The molecular formula is C22H24FNO3. The molecule has 0 unspecified atom stereocenters. The van der Waals surface area contributed by atoms with E-state index in [0.717, 1.165) is 23.3 Å². The summed E-state index contributed by atoms with van der Waals surface area (Å²) in [6.45, 7) is 5.37. The van der Waals surface area contributed by atoms with Gasteiger partial charge in [0.15, 0.2) is 11.5 Å². The Kier molecular flexibility index (Phi) is 6.12. The summed E-state index contributed by atoms with van der Waals surface area (Å²) in [5.74, 6) is 1.14. The second kappa shape index (κ2) is 8.71. The highest BCUT2D eigenvalue weighted by Crippen LogP contribution is 2.34. The lowest BCUT2D eigenvalue weighted by Gasteiger charge is -2.23. The van der Waals surface area contributed by atoms with Crippen LogP contribution in [0.1, 0.15) is 37.4 Å². The smallest absolute Gasteiger partial charge is 0.244 e. The molecule has 0 bridgehead atoms. The Morgan fingerprint density at radius 3 is 2.48 bits per heavy atom. The number of carbonyl (C=O) groups excluding carboxylic acids is 1. The summed E-state index contributed by atoms with van der Waals surface area (Å²) in [7, 11) is 0. The summed E-state index contributed by atoms with van der Waals surface area (Å²) in [4.78, 5) is 12.4. The minimum absolute atomic E-state index is 0.160. The van der Waals surface area contributed by atoms with Gasteiger partial charge in [-0.05, 0) is 47.4 Å². The van der Waals surface area contributed by atoms with E-state index < -0.39 is 0 Å². The van der Waals surface area contributed by atoms with Crippen molar-refractivity contribution in [2.45, 2.75) is 26.3 Å². The number of nitrogens with one attached hydrogen (secondary N) is 1. The van der Waals surface area contributed by atoms with Gasteiger partial charge in [-0.15, -0.1) is 0 Å². The SMILES string of the molecule is CC(C)[C@@H](NC(=O)/C=C/c1ccc(F)cc1)c1ccc2c(c1)OCCCO2. The zero-order chi connectivity index (χ0) is 19.2. The fourth-order valence-corrected chi connectivity index (χ4v) is 2.96. The molecule has 0 radical (unpaired) electrons. The van der Waals surface area contributed by atoms with Gasteiger partial charge in [0.25, 0.3) is 0 Å². The number of carbonyl (C=O) groups is 1. The van der Waals surface area contributed by atoms with E-state index in [4.69, 9.17) is 9.47 Å². The zero-order valence-corrected chi connectivity index (χ0v) is 15.6. The molecule has 2 aromatic rings. The van der Waals surface area contributed by atoms with Gasteiger partial charge in [0.05, 0.1) is 19.3 Å². The molecule has 1 heterocycles. The van der Waals surface area contributed by atoms with Crippen LogP contribution in [-0.4, -0.2) is 19.1 Å². The number of hydrogen-bond donors (Lipinski definition) is 1. The van der Waals surface area contributed by atoms with Crippen molar-refractivity contribution in [3.05, 3.63) is 65.5 Å². The number of benzene rings is 2. The third-order valence-corrected chi connectivity index (χ3v) is 4.39. The van der Waals surface area contributed by atoms with Crippen LogP contribution in [0.15, 0.2) is 48.5 Å². The van der Waals surface area contributed by atoms with Crippen molar-refractivity contribution in [2.75, 3.05) is 13.2 Å². The normalized spacial score (nSPS) is 14.8. The lowest BCUT2D eigenvalue weighted by atomic mass is 9.95. The maximum absolute atomic E-state index is 13.0. The van der Waals surface area contributed by atoms with E-state index in [9.17, 15) is 9.18 Å². The van der Waals surface area contributed by atoms with Crippen molar-refractivity contribution < 1.29 is 18.7 Å². The Labute approximate surface area is 159 Å². The van der Waals surface area contributed by atoms with Crippen LogP contribution >= 0.6 is 0 Å². The molecule has 1 N–H and O–H groups in total. The molecule has 2 aromatic carbocycles. The first kappa shape index (κ1) is 19.0. The molecule has 3 rings (SSSR count). The van der Waals surface area contributed by atoms with Crippen molar-refractivity contribution >= 4 is 12.0 Å². The predicted octanol–water partition coefficient (Wildman–Crippen LogP) is 4.51. The van der Waals surface area contributed by atoms with Gasteiger partial charge in [-0.3, -0.25) is 4.79 Å². The number of amides is 1. The zero-order valence-electron chi connectivity index (χ0n) is 15.6. The van der Waals surface area contributed by atoms with Crippen LogP contribution in [0.2, 0.25) is 0 Å². The van der Waals surface area contributed by atoms with E-state index in [2.05, 4.69) is 19.2 Å². The third kappa shape index (κ3) is 5.09. The van der Waals surface area contributed by atoms with Crippen LogP contribution < -0.4 is 14.8 Å². The Morgan fingerprint density at radius 2 is 1.78 bits per heavy atom. The Hall–Kier alpha value is -2.82. The van der Waals surface area contributed by atoms with E-state index in [0.29, 0.717) is 19.0 Å². The van der Waals surface area contributed by atoms with Crippen molar-refractivity contribution in [3.8, 4) is 11.5 Å². The van der Waals surface area contributed by atoms with Gasteiger partial charge in [0.2, 0.25) is 5.91 Å². The van der Waals surface area contributed by atoms with Crippen LogP contribution in [0.4, 0.5) is 4.39 Å². The van der Waals surface area contributed by atoms with Crippen molar-refractivity contribution in [1.29, 1.82) is 0 Å². The maximum Gasteiger partial charge on any atom is 0.244 e. The highest BCUT2D eigenvalue weighted by molar-refractivity contribution is 5.92. The number of fused-ring (bicyclic) bond motifs is 1. The Bertz CT molecular complexity index is 815. The highest BCUT2D eigenvalue weighted by Gasteiger charge is 2.20. The summed E-state index contributed by atoms with van der Waals surface area (Å²) >= 11 is 0. The fraction of sp³-hybridized carbons (Fsp3) is 0.318. The largest absolute Gasteiger partial charge is 0.490 e. The molecule has 142 valence electrons. The summed E-state index contributed by atoms with van der Waals surface area (Å²) in [5, 5.41) is 3.04. The average molecular weight is 369 g/mol. The Balaban J connectivity index is 1.73. The van der Waals surface area contributed by atoms with Gasteiger partial charge in [-0.25, -0.2) is 4.39 Å². The van der Waals surface area contributed by atoms with Gasteiger partial charge in [-0.1, -0.05) is 32.0 Å². The highest BCUT2D eigenvalue weighted by atomic mass is 19.1. The molecule has 5 heteroatoms. The van der Waals surface area contributed by atoms with Crippen LogP contribution in [0.5, 0.6) is 11.5 Å². The quantitative estimate of drug-likeness (QED) is 0.789. The van der Waals surface area contributed by atoms with E-state index in [1.54, 1.807) is 18.2 Å². The van der Waals surface area contributed by atoms with Crippen molar-refractivity contribution in [2.24, 2.45) is 5.92 Å². The molecular weight excluding hydrogens is 345 g/mol. The van der Waals surface area contributed by atoms with Crippen molar-refractivity contribution in [3.63, 3.8) is 0 Å². The first-order chi connectivity index (χ1) is 13.0. The molecule has 27 heavy (non-hydrogen) atoms. The van der Waals surface area contributed by atoms with Gasteiger partial charge in [0, 0.05) is 12.5 Å². The Morgan fingerprint density at radius 1 is 1.07 bits per heavy atom. The van der Waals surface area contributed by atoms with E-state index >= 15 is 0 Å². The van der Waals surface area contributed by atoms with Gasteiger partial charge >= 0.3 is 0 Å². The van der Waals surface area contributed by atoms with Gasteiger partial charge in [-0.2, -0.15) is 0 Å². The molecule has 0 aliphatic carbocycles. The molecule has 4 nitrogen and oxygen atoms in total. The minimum Gasteiger partial charge on any atom is -0.490 e. The first-order valence-corrected chi connectivity index (χ1v) is 9.16. The molecule has 1 aliphatic rings. The van der Waals surface area contributed by atoms with Crippen LogP contribution in [-0.2, 0) is 4.79 Å². The molecule has 0 aromatic heterocycles. The van der Waals surface area contributed by atoms with Crippen LogP contribution in [0.25, 0.3) is 6.08 Å². The standard InChI is InChI=1S/C22H24FNO3/c1-15(2)22(17-7-10-19-20(14-17)27-13-3-12-26-19)24-21(25)11-6-16-4-8-18(23)9-5-16/h4-11,14-15,22H,3,12-13H2,1-2H3,(H,24,25)/b11-6+/t22-/m1/s1. The number of rotatable bonds is 5. The monoisotopic (exact) mass is 369 g/mol. The van der Waals surface area contributed by atoms with Gasteiger partial charge < -0.3 is 14.8 Å². The maximum atomic E-state index is 13.0. The topological polar surface area (TPSA) is 47.6 Å². The molecule has 0 spiro atoms. The molecule has 0 fully saturated rings. The fourth-order valence-electron chi connectivity index (χ4n) is 2.96. The predicted molar refractivity (Wildman–Crippen MR) is 103 cm³/mol. The summed E-state index contributed by atoms with van der Waals surface area (Å²) in [6, 6.07) is 11.6. The molecule has 0 saturated carbocycles. The lowest BCUT2D eigenvalue weighted by molar-refractivity contribution is -0.117. The molecule has 0 saturated heterocycles. The number of hydrogen-bond acceptors (Lipinski definition) is 3. The van der Waals surface area contributed by atoms with E-state index in [1.807, 2.05) is 18.2 Å². The number of halogens is 1. The first-order valence-electron chi connectivity index (χ1n) is 9.16. The molecule has 1 amide bonds. The van der Waals surface area contributed by atoms with E-state index in [1.165, 1.54) is 18.2 Å². The second-order valence-corrected chi connectivity index (χ2v) is 6.87. The van der Waals surface area contributed by atoms with E-state index in [-0.39, 0.29) is 23.7 Å². The second-order valence-electron chi connectivity index (χ2n) is 6.87.